The van der Waals surface area contributed by atoms with Crippen LogP contribution in [0.2, 0.25) is 10.0 Å². The minimum Gasteiger partial charge on any atom is -0.360 e. The van der Waals surface area contributed by atoms with Gasteiger partial charge in [0, 0.05) is 11.3 Å². The fourth-order valence-electron chi connectivity index (χ4n) is 3.14. The number of anilines is 1. The minimum atomic E-state index is -0.432. The molecule has 1 aliphatic rings. The van der Waals surface area contributed by atoms with Crippen LogP contribution in [0.5, 0.6) is 0 Å². The van der Waals surface area contributed by atoms with Crippen molar-refractivity contribution >= 4 is 57.7 Å². The molecule has 4 rings (SSSR count). The molecule has 7 nitrogen and oxygen atoms in total. The number of benzene rings is 2. The highest BCUT2D eigenvalue weighted by Crippen LogP contribution is 2.37. The quantitative estimate of drug-likeness (QED) is 0.530. The first kappa shape index (κ1) is 21.4. The number of nitrogens with zero attached hydrogens (tertiary/aromatic N) is 2. The molecule has 10 heteroatoms. The van der Waals surface area contributed by atoms with Crippen molar-refractivity contribution in [1.82, 2.24) is 10.1 Å². The van der Waals surface area contributed by atoms with Crippen molar-refractivity contribution in [3.05, 3.63) is 69.4 Å². The number of rotatable bonds is 5. The van der Waals surface area contributed by atoms with Crippen LogP contribution < -0.4 is 5.32 Å². The first-order chi connectivity index (χ1) is 14.8. The topological polar surface area (TPSA) is 92.5 Å². The van der Waals surface area contributed by atoms with Crippen LogP contribution >= 0.6 is 35.0 Å². The average molecular weight is 476 g/mol. The van der Waals surface area contributed by atoms with Crippen molar-refractivity contribution in [2.75, 3.05) is 11.1 Å². The molecule has 0 bridgehead atoms. The number of hydrogen-bond acceptors (Lipinski definition) is 6. The van der Waals surface area contributed by atoms with E-state index in [1.54, 1.807) is 49.4 Å². The number of hydrogen-bond donors (Lipinski definition) is 1. The fraction of sp³-hybridized carbons (Fsp3) is 0.143. The molecule has 31 heavy (non-hydrogen) atoms. The fourth-order valence-corrected chi connectivity index (χ4v) is 4.44. The van der Waals surface area contributed by atoms with Gasteiger partial charge in [-0.05, 0) is 36.8 Å². The van der Waals surface area contributed by atoms with Gasteiger partial charge >= 0.3 is 0 Å². The molecule has 0 saturated carbocycles. The predicted octanol–water partition coefficient (Wildman–Crippen LogP) is 5.40. The predicted molar refractivity (Wildman–Crippen MR) is 119 cm³/mol. The molecule has 3 aromatic rings. The van der Waals surface area contributed by atoms with E-state index in [2.05, 4.69) is 10.5 Å². The maximum Gasteiger partial charge on any atom is 0.289 e. The van der Waals surface area contributed by atoms with Crippen LogP contribution in [0.1, 0.15) is 21.7 Å². The largest absolute Gasteiger partial charge is 0.360 e. The van der Waals surface area contributed by atoms with E-state index in [0.717, 1.165) is 17.3 Å². The Hall–Kier alpha value is -2.81. The van der Waals surface area contributed by atoms with Gasteiger partial charge in [0.15, 0.2) is 0 Å². The Balaban J connectivity index is 1.54. The highest BCUT2D eigenvalue weighted by Gasteiger charge is 2.29. The SMILES string of the molecule is Cc1onc(-c2c(Cl)cccc2Cl)c1C(=O)Nc1ccc(CN2C(=O)CSC2=O)cc1. The molecule has 0 radical (unpaired) electrons. The van der Waals surface area contributed by atoms with E-state index in [-0.39, 0.29) is 34.7 Å². The molecule has 0 spiro atoms. The van der Waals surface area contributed by atoms with Crippen molar-refractivity contribution in [1.29, 1.82) is 0 Å². The van der Waals surface area contributed by atoms with Crippen LogP contribution in [0, 0.1) is 6.92 Å². The van der Waals surface area contributed by atoms with Gasteiger partial charge in [-0.15, -0.1) is 0 Å². The van der Waals surface area contributed by atoms with Gasteiger partial charge in [-0.3, -0.25) is 19.3 Å². The zero-order valence-corrected chi connectivity index (χ0v) is 18.5. The van der Waals surface area contributed by atoms with Crippen molar-refractivity contribution in [3.63, 3.8) is 0 Å². The van der Waals surface area contributed by atoms with Crippen LogP contribution in [0.3, 0.4) is 0 Å². The standard InChI is InChI=1S/C21H15Cl2N3O4S/c1-11-17(19(25-30-11)18-14(22)3-2-4-15(18)23)20(28)24-13-7-5-12(6-8-13)9-26-16(27)10-31-21(26)29/h2-8H,9-10H2,1H3,(H,24,28). The van der Waals surface area contributed by atoms with Crippen molar-refractivity contribution in [3.8, 4) is 11.3 Å². The maximum absolute atomic E-state index is 13.0. The number of carbonyl (C=O) groups excluding carboxylic acids is 3. The molecule has 0 unspecified atom stereocenters. The molecule has 2 aromatic carbocycles. The summed E-state index contributed by atoms with van der Waals surface area (Å²) in [7, 11) is 0. The average Bonchev–Trinajstić information content (AvgIpc) is 3.26. The minimum absolute atomic E-state index is 0.169. The van der Waals surface area contributed by atoms with Crippen LogP contribution in [0.25, 0.3) is 11.3 Å². The number of aryl methyl sites for hydroxylation is 1. The molecule has 3 amide bonds. The smallest absolute Gasteiger partial charge is 0.289 e. The molecule has 1 fully saturated rings. The Labute approximate surface area is 191 Å². The highest BCUT2D eigenvalue weighted by molar-refractivity contribution is 8.14. The Kier molecular flexibility index (Phi) is 6.04. The van der Waals surface area contributed by atoms with Crippen molar-refractivity contribution < 1.29 is 18.9 Å². The van der Waals surface area contributed by atoms with E-state index in [1.807, 2.05) is 0 Å². The summed E-state index contributed by atoms with van der Waals surface area (Å²) in [5, 5.41) is 7.22. The van der Waals surface area contributed by atoms with Gasteiger partial charge in [-0.2, -0.15) is 0 Å². The van der Waals surface area contributed by atoms with Crippen LogP contribution in [-0.2, 0) is 11.3 Å². The Bertz CT molecular complexity index is 1160. The Morgan fingerprint density at radius 1 is 1.16 bits per heavy atom. The third kappa shape index (κ3) is 4.32. The molecule has 158 valence electrons. The van der Waals surface area contributed by atoms with Gasteiger partial charge in [-0.1, -0.05) is 58.3 Å². The third-order valence-corrected chi connectivity index (χ3v) is 6.17. The molecule has 1 N–H and O–H groups in total. The monoisotopic (exact) mass is 475 g/mol. The van der Waals surface area contributed by atoms with E-state index >= 15 is 0 Å². The van der Waals surface area contributed by atoms with Crippen LogP contribution in [-0.4, -0.2) is 32.9 Å². The van der Waals surface area contributed by atoms with Crippen molar-refractivity contribution in [2.24, 2.45) is 0 Å². The number of nitrogens with one attached hydrogen (secondary N) is 1. The second-order valence-corrected chi connectivity index (χ2v) is 8.49. The molecule has 0 aliphatic carbocycles. The molecular formula is C21H15Cl2N3O4S. The lowest BCUT2D eigenvalue weighted by Crippen LogP contribution is -2.27. The number of carbonyl (C=O) groups is 3. The van der Waals surface area contributed by atoms with Gasteiger partial charge in [0.25, 0.3) is 11.1 Å². The summed E-state index contributed by atoms with van der Waals surface area (Å²) in [6.45, 7) is 1.82. The Morgan fingerprint density at radius 3 is 2.45 bits per heavy atom. The number of aromatic nitrogens is 1. The third-order valence-electron chi connectivity index (χ3n) is 4.68. The van der Waals surface area contributed by atoms with E-state index in [0.29, 0.717) is 27.1 Å². The maximum atomic E-state index is 13.0. The van der Waals surface area contributed by atoms with Gasteiger partial charge in [0.2, 0.25) is 5.91 Å². The van der Waals surface area contributed by atoms with Gasteiger partial charge < -0.3 is 9.84 Å². The van der Waals surface area contributed by atoms with E-state index < -0.39 is 5.91 Å². The van der Waals surface area contributed by atoms with Crippen LogP contribution in [0.15, 0.2) is 47.0 Å². The lowest BCUT2D eigenvalue weighted by Gasteiger charge is -2.13. The first-order valence-electron chi connectivity index (χ1n) is 9.13. The molecular weight excluding hydrogens is 461 g/mol. The zero-order valence-electron chi connectivity index (χ0n) is 16.1. The van der Waals surface area contributed by atoms with E-state index in [4.69, 9.17) is 27.7 Å². The van der Waals surface area contributed by atoms with Crippen LogP contribution in [0.4, 0.5) is 10.5 Å². The number of thioether (sulfide) groups is 1. The molecule has 1 aliphatic heterocycles. The van der Waals surface area contributed by atoms with E-state index in [1.165, 1.54) is 4.90 Å². The summed E-state index contributed by atoms with van der Waals surface area (Å²) in [5.74, 6) is -0.147. The number of imide groups is 1. The summed E-state index contributed by atoms with van der Waals surface area (Å²) in [4.78, 5) is 37.7. The highest BCUT2D eigenvalue weighted by atomic mass is 35.5. The molecule has 2 heterocycles. The summed E-state index contributed by atoms with van der Waals surface area (Å²) in [5.41, 5.74) is 2.20. The summed E-state index contributed by atoms with van der Waals surface area (Å²) in [6, 6.07) is 11.9. The van der Waals surface area contributed by atoms with Gasteiger partial charge in [0.1, 0.15) is 17.0 Å². The second kappa shape index (κ2) is 8.74. The molecule has 1 saturated heterocycles. The molecule has 1 aromatic heterocycles. The van der Waals surface area contributed by atoms with E-state index in [9.17, 15) is 14.4 Å². The van der Waals surface area contributed by atoms with Crippen molar-refractivity contribution in [2.45, 2.75) is 13.5 Å². The Morgan fingerprint density at radius 2 is 1.84 bits per heavy atom. The second-order valence-electron chi connectivity index (χ2n) is 6.74. The summed E-state index contributed by atoms with van der Waals surface area (Å²) < 4.78 is 5.23. The zero-order chi connectivity index (χ0) is 22.1. The normalized spacial score (nSPS) is 13.7. The lowest BCUT2D eigenvalue weighted by molar-refractivity contribution is -0.125. The lowest BCUT2D eigenvalue weighted by atomic mass is 10.1. The van der Waals surface area contributed by atoms with Gasteiger partial charge in [0.05, 0.1) is 22.3 Å². The number of amides is 3. The van der Waals surface area contributed by atoms with Gasteiger partial charge in [-0.25, -0.2) is 0 Å². The number of halogens is 2. The summed E-state index contributed by atoms with van der Waals surface area (Å²) in [6.07, 6.45) is 0. The molecule has 0 atom stereocenters. The first-order valence-corrected chi connectivity index (χ1v) is 10.9. The summed E-state index contributed by atoms with van der Waals surface area (Å²) >= 11 is 13.5.